The zero-order valence-electron chi connectivity index (χ0n) is 15.8. The van der Waals surface area contributed by atoms with E-state index in [-0.39, 0.29) is 24.5 Å². The summed E-state index contributed by atoms with van der Waals surface area (Å²) in [5, 5.41) is 7.96. The molecule has 7 heteroatoms. The first-order valence-corrected chi connectivity index (χ1v) is 10.7. The summed E-state index contributed by atoms with van der Waals surface area (Å²) in [6.07, 6.45) is 3.62. The van der Waals surface area contributed by atoms with Gasteiger partial charge in [-0.05, 0) is 67.6 Å². The average molecular weight is 400 g/mol. The Labute approximate surface area is 168 Å². The van der Waals surface area contributed by atoms with Crippen LogP contribution in [-0.4, -0.2) is 43.0 Å². The molecule has 148 valence electrons. The molecular weight excluding hydrogens is 374 g/mol. The predicted octanol–water partition coefficient (Wildman–Crippen LogP) is 2.96. The molecule has 28 heavy (non-hydrogen) atoms. The highest BCUT2D eigenvalue weighted by molar-refractivity contribution is 7.10. The second-order valence-corrected chi connectivity index (χ2v) is 8.21. The lowest BCUT2D eigenvalue weighted by atomic mass is 10.0. The van der Waals surface area contributed by atoms with Crippen LogP contribution in [0.5, 0.6) is 5.75 Å². The third-order valence-electron chi connectivity index (χ3n) is 5.29. The van der Waals surface area contributed by atoms with Crippen LogP contribution in [0.25, 0.3) is 0 Å². The van der Waals surface area contributed by atoms with Gasteiger partial charge < -0.3 is 15.4 Å². The summed E-state index contributed by atoms with van der Waals surface area (Å²) in [5.74, 6) is 0.574. The van der Waals surface area contributed by atoms with Crippen molar-refractivity contribution >= 4 is 28.8 Å². The number of amides is 2. The lowest BCUT2D eigenvalue weighted by Gasteiger charge is -2.26. The Kier molecular flexibility index (Phi) is 5.92. The summed E-state index contributed by atoms with van der Waals surface area (Å²) in [5.41, 5.74) is 1.88. The number of hydrogen-bond acceptors (Lipinski definition) is 5. The molecule has 1 atom stereocenters. The fourth-order valence-corrected chi connectivity index (χ4v) is 4.66. The number of likely N-dealkylation sites (tertiary alicyclic amines) is 1. The molecular formula is C21H25N3O3S. The van der Waals surface area contributed by atoms with E-state index in [4.69, 9.17) is 4.74 Å². The molecule has 2 amide bonds. The first kappa shape index (κ1) is 19.0. The van der Waals surface area contributed by atoms with E-state index in [2.05, 4.69) is 33.0 Å². The zero-order chi connectivity index (χ0) is 19.3. The molecule has 0 radical (unpaired) electrons. The molecule has 0 aliphatic carbocycles. The number of hydrogen-bond donors (Lipinski definition) is 2. The van der Waals surface area contributed by atoms with Crippen LogP contribution in [-0.2, 0) is 16.0 Å². The molecule has 3 heterocycles. The predicted molar refractivity (Wildman–Crippen MR) is 110 cm³/mol. The maximum atomic E-state index is 12.3. The number of fused-ring (bicyclic) bond motifs is 1. The van der Waals surface area contributed by atoms with Crippen LogP contribution < -0.4 is 15.4 Å². The number of nitrogens with one attached hydrogen (secondary N) is 2. The zero-order valence-corrected chi connectivity index (χ0v) is 16.6. The fourth-order valence-electron chi connectivity index (χ4n) is 3.80. The third kappa shape index (κ3) is 4.54. The van der Waals surface area contributed by atoms with Crippen molar-refractivity contribution in [2.45, 2.75) is 31.7 Å². The van der Waals surface area contributed by atoms with Gasteiger partial charge in [-0.1, -0.05) is 6.07 Å². The van der Waals surface area contributed by atoms with Crippen LogP contribution in [0, 0.1) is 0 Å². The number of benzene rings is 1. The summed E-state index contributed by atoms with van der Waals surface area (Å²) in [7, 11) is 0. The molecule has 1 saturated heterocycles. The highest BCUT2D eigenvalue weighted by Gasteiger charge is 2.24. The van der Waals surface area contributed by atoms with Crippen molar-refractivity contribution in [3.63, 3.8) is 0 Å². The van der Waals surface area contributed by atoms with Crippen LogP contribution in [0.1, 0.15) is 35.7 Å². The minimum Gasteiger partial charge on any atom is -0.484 e. The van der Waals surface area contributed by atoms with Gasteiger partial charge in [0.25, 0.3) is 5.91 Å². The molecule has 2 aliphatic heterocycles. The first-order chi connectivity index (χ1) is 13.7. The lowest BCUT2D eigenvalue weighted by molar-refractivity contribution is -0.123. The van der Waals surface area contributed by atoms with Gasteiger partial charge in [0.05, 0.1) is 6.04 Å². The van der Waals surface area contributed by atoms with Crippen molar-refractivity contribution in [2.75, 3.05) is 31.6 Å². The van der Waals surface area contributed by atoms with E-state index in [1.165, 1.54) is 17.7 Å². The largest absolute Gasteiger partial charge is 0.484 e. The van der Waals surface area contributed by atoms with E-state index in [1.807, 2.05) is 12.1 Å². The Balaban J connectivity index is 1.30. The van der Waals surface area contributed by atoms with E-state index in [0.29, 0.717) is 25.1 Å². The van der Waals surface area contributed by atoms with E-state index in [0.717, 1.165) is 24.3 Å². The lowest BCUT2D eigenvalue weighted by Crippen LogP contribution is -2.38. The Morgan fingerprint density at radius 2 is 2.11 bits per heavy atom. The Bertz CT molecular complexity index is 831. The average Bonchev–Trinajstić information content (AvgIpc) is 3.41. The molecule has 0 saturated carbocycles. The highest BCUT2D eigenvalue weighted by Crippen LogP contribution is 2.28. The quantitative estimate of drug-likeness (QED) is 0.751. The van der Waals surface area contributed by atoms with Crippen LogP contribution >= 0.6 is 11.3 Å². The summed E-state index contributed by atoms with van der Waals surface area (Å²) in [6, 6.07) is 9.96. The van der Waals surface area contributed by atoms with Gasteiger partial charge in [0.15, 0.2) is 6.61 Å². The van der Waals surface area contributed by atoms with Crippen LogP contribution in [0.2, 0.25) is 0 Å². The van der Waals surface area contributed by atoms with Gasteiger partial charge >= 0.3 is 0 Å². The number of ether oxygens (including phenoxy) is 1. The minimum absolute atomic E-state index is 0.0116. The van der Waals surface area contributed by atoms with Gasteiger partial charge in [-0.25, -0.2) is 0 Å². The summed E-state index contributed by atoms with van der Waals surface area (Å²) in [4.78, 5) is 27.5. The molecule has 4 rings (SSSR count). The number of carbonyl (C=O) groups excluding carboxylic acids is 2. The van der Waals surface area contributed by atoms with Crippen molar-refractivity contribution in [3.05, 3.63) is 46.2 Å². The first-order valence-electron chi connectivity index (χ1n) is 9.79. The summed E-state index contributed by atoms with van der Waals surface area (Å²) >= 11 is 1.74. The van der Waals surface area contributed by atoms with Crippen molar-refractivity contribution in [3.8, 4) is 5.75 Å². The van der Waals surface area contributed by atoms with Crippen molar-refractivity contribution in [1.29, 1.82) is 0 Å². The van der Waals surface area contributed by atoms with Gasteiger partial charge in [-0.3, -0.25) is 14.5 Å². The van der Waals surface area contributed by atoms with Crippen LogP contribution in [0.4, 0.5) is 5.69 Å². The Morgan fingerprint density at radius 3 is 2.89 bits per heavy atom. The molecule has 2 aromatic rings. The Hall–Kier alpha value is -2.38. The standard InChI is InChI=1S/C21H25N3O3S/c25-20-8-5-15-12-16(6-7-17(15)23-20)27-14-21(26)22-13-18(19-4-3-11-28-19)24-9-1-2-10-24/h3-4,6-7,11-12,18H,1-2,5,8-10,13-14H2,(H,22,26)(H,23,25). The topological polar surface area (TPSA) is 70.7 Å². The smallest absolute Gasteiger partial charge is 0.258 e. The summed E-state index contributed by atoms with van der Waals surface area (Å²) < 4.78 is 5.67. The number of carbonyl (C=O) groups is 2. The maximum absolute atomic E-state index is 12.3. The van der Waals surface area contributed by atoms with Crippen molar-refractivity contribution in [2.24, 2.45) is 0 Å². The number of aryl methyl sites for hydroxylation is 1. The molecule has 1 aromatic carbocycles. The van der Waals surface area contributed by atoms with Gasteiger partial charge in [-0.15, -0.1) is 11.3 Å². The maximum Gasteiger partial charge on any atom is 0.258 e. The SMILES string of the molecule is O=C(COc1ccc2c(c1)CCC(=O)N2)NCC(c1cccs1)N1CCCC1. The molecule has 1 aromatic heterocycles. The number of nitrogens with zero attached hydrogens (tertiary/aromatic N) is 1. The van der Waals surface area contributed by atoms with Crippen LogP contribution in [0.15, 0.2) is 35.7 Å². The van der Waals surface area contributed by atoms with Crippen molar-refractivity contribution in [1.82, 2.24) is 10.2 Å². The fraction of sp³-hybridized carbons (Fsp3) is 0.429. The highest BCUT2D eigenvalue weighted by atomic mass is 32.1. The second-order valence-electron chi connectivity index (χ2n) is 7.23. The molecule has 2 aliphatic rings. The molecule has 0 bridgehead atoms. The van der Waals surface area contributed by atoms with Gasteiger partial charge in [0.2, 0.25) is 5.91 Å². The molecule has 0 spiro atoms. The van der Waals surface area contributed by atoms with Crippen LogP contribution in [0.3, 0.4) is 0 Å². The van der Waals surface area contributed by atoms with E-state index < -0.39 is 0 Å². The molecule has 6 nitrogen and oxygen atoms in total. The molecule has 2 N–H and O–H groups in total. The van der Waals surface area contributed by atoms with Gasteiger partial charge in [-0.2, -0.15) is 0 Å². The van der Waals surface area contributed by atoms with E-state index >= 15 is 0 Å². The summed E-state index contributed by atoms with van der Waals surface area (Å²) in [6.45, 7) is 2.75. The van der Waals surface area contributed by atoms with Gasteiger partial charge in [0, 0.05) is 23.5 Å². The number of anilines is 1. The minimum atomic E-state index is -0.119. The van der Waals surface area contributed by atoms with E-state index in [1.54, 1.807) is 17.4 Å². The third-order valence-corrected chi connectivity index (χ3v) is 6.26. The molecule has 1 unspecified atom stereocenters. The second kappa shape index (κ2) is 8.75. The normalized spacial score (nSPS) is 17.6. The Morgan fingerprint density at radius 1 is 1.25 bits per heavy atom. The number of thiophene rings is 1. The van der Waals surface area contributed by atoms with Crippen molar-refractivity contribution < 1.29 is 14.3 Å². The molecule has 1 fully saturated rings. The van der Waals surface area contributed by atoms with Gasteiger partial charge in [0.1, 0.15) is 5.75 Å². The number of rotatable bonds is 7. The van der Waals surface area contributed by atoms with E-state index in [9.17, 15) is 9.59 Å². The monoisotopic (exact) mass is 399 g/mol.